The summed E-state index contributed by atoms with van der Waals surface area (Å²) in [5.41, 5.74) is 3.82. The van der Waals surface area contributed by atoms with Gasteiger partial charge in [0, 0.05) is 5.41 Å². The highest BCUT2D eigenvalue weighted by Crippen LogP contribution is 2.41. The van der Waals surface area contributed by atoms with Crippen molar-refractivity contribution in [2.45, 2.75) is 32.1 Å². The van der Waals surface area contributed by atoms with Crippen LogP contribution in [0.3, 0.4) is 0 Å². The predicted octanol–water partition coefficient (Wildman–Crippen LogP) is 5.35. The minimum atomic E-state index is -0.0987. The monoisotopic (exact) mass is 250 g/mol. The van der Waals surface area contributed by atoms with Crippen LogP contribution in [0.4, 0.5) is 0 Å². The van der Waals surface area contributed by atoms with E-state index in [1.807, 2.05) is 6.92 Å². The van der Waals surface area contributed by atoms with Crippen molar-refractivity contribution in [3.8, 4) is 0 Å². The zero-order valence-corrected chi connectivity index (χ0v) is 11.9. The maximum absolute atomic E-state index is 4.32. The Kier molecular flexibility index (Phi) is 4.21. The topological polar surface area (TPSA) is 0 Å². The van der Waals surface area contributed by atoms with Crippen LogP contribution < -0.4 is 0 Å². The highest BCUT2D eigenvalue weighted by Gasteiger charge is 2.32. The molecule has 1 aromatic carbocycles. The van der Waals surface area contributed by atoms with Gasteiger partial charge in [0.2, 0.25) is 0 Å². The second kappa shape index (κ2) is 5.88. The van der Waals surface area contributed by atoms with Gasteiger partial charge in [-0.15, -0.1) is 0 Å². The van der Waals surface area contributed by atoms with Gasteiger partial charge in [0.05, 0.1) is 0 Å². The number of hydrogen-bond donors (Lipinski definition) is 0. The molecule has 0 heteroatoms. The van der Waals surface area contributed by atoms with Gasteiger partial charge in [-0.05, 0) is 37.8 Å². The summed E-state index contributed by atoms with van der Waals surface area (Å²) < 4.78 is 0. The number of allylic oxidation sites excluding steroid dienone is 7. The average molecular weight is 250 g/mol. The second-order valence-corrected chi connectivity index (χ2v) is 5.17. The maximum atomic E-state index is 4.32. The Hall–Kier alpha value is -1.82. The van der Waals surface area contributed by atoms with Crippen LogP contribution >= 0.6 is 0 Å². The molecule has 0 aliphatic heterocycles. The fourth-order valence-electron chi connectivity index (χ4n) is 2.74. The van der Waals surface area contributed by atoms with Crippen LogP contribution in [-0.2, 0) is 5.41 Å². The van der Waals surface area contributed by atoms with Crippen molar-refractivity contribution >= 4 is 0 Å². The third-order valence-electron chi connectivity index (χ3n) is 4.02. The number of rotatable bonds is 4. The van der Waals surface area contributed by atoms with Gasteiger partial charge in [-0.1, -0.05) is 72.9 Å². The van der Waals surface area contributed by atoms with E-state index in [9.17, 15) is 0 Å². The quantitative estimate of drug-likeness (QED) is 0.632. The van der Waals surface area contributed by atoms with Crippen LogP contribution in [0.15, 0.2) is 78.4 Å². The molecule has 0 radical (unpaired) electrons. The van der Waals surface area contributed by atoms with Crippen molar-refractivity contribution in [2.24, 2.45) is 0 Å². The van der Waals surface area contributed by atoms with E-state index in [1.165, 1.54) is 11.1 Å². The minimum absolute atomic E-state index is 0.0987. The molecule has 0 amide bonds. The van der Waals surface area contributed by atoms with Gasteiger partial charge in [0.25, 0.3) is 0 Å². The molecule has 1 aliphatic carbocycles. The van der Waals surface area contributed by atoms with Crippen molar-refractivity contribution in [1.29, 1.82) is 0 Å². The SMILES string of the molecule is C=C(/C=C\C)C(C)(C1=CC=CCC1)c1ccccc1. The summed E-state index contributed by atoms with van der Waals surface area (Å²) in [4.78, 5) is 0. The summed E-state index contributed by atoms with van der Waals surface area (Å²) in [6.45, 7) is 8.65. The van der Waals surface area contributed by atoms with E-state index in [4.69, 9.17) is 0 Å². The highest BCUT2D eigenvalue weighted by molar-refractivity contribution is 5.50. The van der Waals surface area contributed by atoms with Crippen molar-refractivity contribution in [3.05, 3.63) is 84.0 Å². The summed E-state index contributed by atoms with van der Waals surface area (Å²) in [6, 6.07) is 10.7. The number of hydrogen-bond acceptors (Lipinski definition) is 0. The van der Waals surface area contributed by atoms with Crippen LogP contribution in [0, 0.1) is 0 Å². The lowest BCUT2D eigenvalue weighted by molar-refractivity contribution is 0.634. The van der Waals surface area contributed by atoms with Gasteiger partial charge in [0.15, 0.2) is 0 Å². The summed E-state index contributed by atoms with van der Waals surface area (Å²) >= 11 is 0. The fourth-order valence-corrected chi connectivity index (χ4v) is 2.74. The molecule has 1 aromatic rings. The molecule has 0 nitrogen and oxygen atoms in total. The second-order valence-electron chi connectivity index (χ2n) is 5.17. The Bertz CT molecular complexity index is 528. The highest BCUT2D eigenvalue weighted by atomic mass is 14.4. The molecular weight excluding hydrogens is 228 g/mol. The summed E-state index contributed by atoms with van der Waals surface area (Å²) in [7, 11) is 0. The smallest absolute Gasteiger partial charge is 0.0380 e. The Morgan fingerprint density at radius 2 is 2.00 bits per heavy atom. The zero-order valence-electron chi connectivity index (χ0n) is 11.9. The lowest BCUT2D eigenvalue weighted by Crippen LogP contribution is -2.27. The van der Waals surface area contributed by atoms with Gasteiger partial charge < -0.3 is 0 Å². The molecule has 1 atom stereocenters. The van der Waals surface area contributed by atoms with Crippen molar-refractivity contribution in [2.75, 3.05) is 0 Å². The van der Waals surface area contributed by atoms with E-state index in [2.05, 4.69) is 74.2 Å². The normalized spacial score (nSPS) is 18.1. The molecule has 0 N–H and O–H groups in total. The molecule has 19 heavy (non-hydrogen) atoms. The van der Waals surface area contributed by atoms with E-state index in [-0.39, 0.29) is 5.41 Å². The van der Waals surface area contributed by atoms with Crippen LogP contribution in [-0.4, -0.2) is 0 Å². The van der Waals surface area contributed by atoms with E-state index in [0.29, 0.717) is 0 Å². The molecule has 0 saturated carbocycles. The third kappa shape index (κ3) is 2.63. The summed E-state index contributed by atoms with van der Waals surface area (Å²) in [5, 5.41) is 0. The van der Waals surface area contributed by atoms with E-state index in [1.54, 1.807) is 0 Å². The van der Waals surface area contributed by atoms with Crippen molar-refractivity contribution in [3.63, 3.8) is 0 Å². The summed E-state index contributed by atoms with van der Waals surface area (Å²) in [5.74, 6) is 0. The standard InChI is InChI=1S/C19H22/c1-4-11-16(2)19(3,17-12-7-5-8-13-17)18-14-9-6-10-15-18/h4-9,11-14H,2,10,15H2,1,3H3/b11-4-. The molecular formula is C19H22. The van der Waals surface area contributed by atoms with Gasteiger partial charge in [-0.3, -0.25) is 0 Å². The Labute approximate surface area is 116 Å². The van der Waals surface area contributed by atoms with Crippen LogP contribution in [0.25, 0.3) is 0 Å². The Balaban J connectivity index is 2.53. The molecule has 98 valence electrons. The molecule has 1 aliphatic rings. The van der Waals surface area contributed by atoms with Gasteiger partial charge in [0.1, 0.15) is 0 Å². The average Bonchev–Trinajstić information content (AvgIpc) is 2.48. The first kappa shape index (κ1) is 13.6. The third-order valence-corrected chi connectivity index (χ3v) is 4.02. The van der Waals surface area contributed by atoms with E-state index in [0.717, 1.165) is 18.4 Å². The predicted molar refractivity (Wildman–Crippen MR) is 84.2 cm³/mol. The first-order valence-corrected chi connectivity index (χ1v) is 6.93. The molecule has 2 rings (SSSR count). The molecule has 1 unspecified atom stereocenters. The fraction of sp³-hybridized carbons (Fsp3) is 0.263. The molecule has 0 heterocycles. The van der Waals surface area contributed by atoms with E-state index >= 15 is 0 Å². The van der Waals surface area contributed by atoms with Crippen molar-refractivity contribution < 1.29 is 0 Å². The lowest BCUT2D eigenvalue weighted by Gasteiger charge is -2.35. The van der Waals surface area contributed by atoms with Crippen LogP contribution in [0.1, 0.15) is 32.3 Å². The Morgan fingerprint density at radius 3 is 2.58 bits per heavy atom. The molecule has 0 fully saturated rings. The first-order chi connectivity index (χ1) is 9.19. The summed E-state index contributed by atoms with van der Waals surface area (Å²) in [6.07, 6.45) is 13.1. The number of benzene rings is 1. The maximum Gasteiger partial charge on any atom is 0.0380 e. The van der Waals surface area contributed by atoms with Crippen molar-refractivity contribution in [1.82, 2.24) is 0 Å². The first-order valence-electron chi connectivity index (χ1n) is 6.93. The van der Waals surface area contributed by atoms with Gasteiger partial charge in [-0.25, -0.2) is 0 Å². The largest absolute Gasteiger partial charge is 0.0946 e. The Morgan fingerprint density at radius 1 is 1.26 bits per heavy atom. The zero-order chi connectivity index (χ0) is 13.7. The molecule has 0 bridgehead atoms. The van der Waals surface area contributed by atoms with Gasteiger partial charge in [-0.2, -0.15) is 0 Å². The van der Waals surface area contributed by atoms with Crippen LogP contribution in [0.2, 0.25) is 0 Å². The van der Waals surface area contributed by atoms with Gasteiger partial charge >= 0.3 is 0 Å². The molecule has 0 spiro atoms. The lowest BCUT2D eigenvalue weighted by atomic mass is 9.68. The molecule has 0 aromatic heterocycles. The molecule has 0 saturated heterocycles. The van der Waals surface area contributed by atoms with E-state index < -0.39 is 0 Å². The van der Waals surface area contributed by atoms with Crippen LogP contribution in [0.5, 0.6) is 0 Å². The minimum Gasteiger partial charge on any atom is -0.0946 e.